The van der Waals surface area contributed by atoms with Crippen LogP contribution in [0, 0.1) is 6.92 Å². The fourth-order valence-corrected chi connectivity index (χ4v) is 1.22. The minimum atomic E-state index is 0.680. The Morgan fingerprint density at radius 1 is 1.33 bits per heavy atom. The summed E-state index contributed by atoms with van der Waals surface area (Å²) < 4.78 is 1.74. The number of nitrogens with one attached hydrogen (secondary N) is 1. The fraction of sp³-hybridized carbons (Fsp3) is 0.300. The Morgan fingerprint density at radius 3 is 2.80 bits per heavy atom. The van der Waals surface area contributed by atoms with E-state index in [0.717, 1.165) is 17.1 Å². The van der Waals surface area contributed by atoms with Crippen LogP contribution in [-0.2, 0) is 13.6 Å². The maximum absolute atomic E-state index is 4.25. The molecule has 0 aliphatic heterocycles. The van der Waals surface area contributed by atoms with E-state index in [1.165, 1.54) is 0 Å². The molecule has 0 fully saturated rings. The fourth-order valence-electron chi connectivity index (χ4n) is 1.22. The zero-order valence-electron chi connectivity index (χ0n) is 8.81. The SMILES string of the molecule is Cc1ccc(NCc2cnnn2C)nc1. The zero-order chi connectivity index (χ0) is 10.7. The lowest BCUT2D eigenvalue weighted by Crippen LogP contribution is -2.06. The van der Waals surface area contributed by atoms with Gasteiger partial charge < -0.3 is 5.32 Å². The van der Waals surface area contributed by atoms with E-state index in [9.17, 15) is 0 Å². The predicted molar refractivity (Wildman–Crippen MR) is 57.3 cm³/mol. The van der Waals surface area contributed by atoms with Gasteiger partial charge in [0, 0.05) is 13.2 Å². The van der Waals surface area contributed by atoms with Crippen molar-refractivity contribution in [1.29, 1.82) is 0 Å². The molecular formula is C10H13N5. The van der Waals surface area contributed by atoms with Crippen molar-refractivity contribution >= 4 is 5.82 Å². The van der Waals surface area contributed by atoms with Gasteiger partial charge in [-0.05, 0) is 18.6 Å². The zero-order valence-corrected chi connectivity index (χ0v) is 8.81. The Balaban J connectivity index is 1.99. The van der Waals surface area contributed by atoms with E-state index in [1.54, 1.807) is 10.9 Å². The molecule has 0 radical (unpaired) electrons. The summed E-state index contributed by atoms with van der Waals surface area (Å²) in [6.07, 6.45) is 3.57. The van der Waals surface area contributed by atoms with Crippen molar-refractivity contribution < 1.29 is 0 Å². The Bertz CT molecular complexity index is 431. The molecule has 15 heavy (non-hydrogen) atoms. The molecule has 0 saturated heterocycles. The third-order valence-electron chi connectivity index (χ3n) is 2.17. The molecule has 0 aromatic carbocycles. The molecule has 0 atom stereocenters. The molecule has 0 aliphatic rings. The number of hydrogen-bond donors (Lipinski definition) is 1. The molecule has 0 aliphatic carbocycles. The van der Waals surface area contributed by atoms with Gasteiger partial charge in [0.05, 0.1) is 18.4 Å². The van der Waals surface area contributed by atoms with Crippen LogP contribution in [0.4, 0.5) is 5.82 Å². The summed E-state index contributed by atoms with van der Waals surface area (Å²) in [5.41, 5.74) is 2.18. The second-order valence-corrected chi connectivity index (χ2v) is 3.42. The average Bonchev–Trinajstić information content (AvgIpc) is 2.63. The Morgan fingerprint density at radius 2 is 2.20 bits per heavy atom. The molecule has 78 valence electrons. The third-order valence-corrected chi connectivity index (χ3v) is 2.17. The summed E-state index contributed by atoms with van der Waals surface area (Å²) in [5.74, 6) is 0.863. The number of pyridine rings is 1. The van der Waals surface area contributed by atoms with Crippen LogP contribution in [-0.4, -0.2) is 20.0 Å². The Hall–Kier alpha value is -1.91. The molecule has 5 heteroatoms. The molecule has 5 nitrogen and oxygen atoms in total. The van der Waals surface area contributed by atoms with E-state index < -0.39 is 0 Å². The lowest BCUT2D eigenvalue weighted by atomic mass is 10.3. The van der Waals surface area contributed by atoms with Crippen LogP contribution >= 0.6 is 0 Å². The van der Waals surface area contributed by atoms with Gasteiger partial charge in [0.2, 0.25) is 0 Å². The van der Waals surface area contributed by atoms with Crippen molar-refractivity contribution in [2.24, 2.45) is 7.05 Å². The number of rotatable bonds is 3. The van der Waals surface area contributed by atoms with Crippen LogP contribution in [0.1, 0.15) is 11.3 Å². The van der Waals surface area contributed by atoms with E-state index in [2.05, 4.69) is 20.6 Å². The van der Waals surface area contributed by atoms with Crippen molar-refractivity contribution in [2.45, 2.75) is 13.5 Å². The first kappa shape index (κ1) is 9.64. The maximum Gasteiger partial charge on any atom is 0.126 e. The summed E-state index contributed by atoms with van der Waals surface area (Å²) in [5, 5.41) is 10.9. The predicted octanol–water partition coefficient (Wildman–Crippen LogP) is 1.13. The first-order chi connectivity index (χ1) is 7.25. The monoisotopic (exact) mass is 203 g/mol. The molecule has 2 rings (SSSR count). The number of nitrogens with zero attached hydrogens (tertiary/aromatic N) is 4. The lowest BCUT2D eigenvalue weighted by molar-refractivity contribution is 0.683. The molecule has 0 unspecified atom stereocenters. The van der Waals surface area contributed by atoms with Crippen LogP contribution in [0.3, 0.4) is 0 Å². The summed E-state index contributed by atoms with van der Waals surface area (Å²) in [7, 11) is 1.87. The second-order valence-electron chi connectivity index (χ2n) is 3.42. The lowest BCUT2D eigenvalue weighted by Gasteiger charge is -2.04. The minimum absolute atomic E-state index is 0.680. The third kappa shape index (κ3) is 2.31. The van der Waals surface area contributed by atoms with Crippen LogP contribution in [0.5, 0.6) is 0 Å². The largest absolute Gasteiger partial charge is 0.364 e. The second kappa shape index (κ2) is 4.08. The maximum atomic E-state index is 4.25. The van der Waals surface area contributed by atoms with Gasteiger partial charge in [0.25, 0.3) is 0 Å². The molecule has 2 heterocycles. The average molecular weight is 203 g/mol. The molecule has 2 aromatic rings. The van der Waals surface area contributed by atoms with Crippen molar-refractivity contribution in [3.8, 4) is 0 Å². The van der Waals surface area contributed by atoms with Gasteiger partial charge >= 0.3 is 0 Å². The summed E-state index contributed by atoms with van der Waals surface area (Å²) in [6.45, 7) is 2.70. The van der Waals surface area contributed by atoms with Gasteiger partial charge in [-0.2, -0.15) is 0 Å². The molecule has 0 spiro atoms. The summed E-state index contributed by atoms with van der Waals surface area (Å²) in [4.78, 5) is 4.25. The molecule has 0 amide bonds. The van der Waals surface area contributed by atoms with E-state index in [0.29, 0.717) is 6.54 Å². The van der Waals surface area contributed by atoms with E-state index in [4.69, 9.17) is 0 Å². The van der Waals surface area contributed by atoms with E-state index in [-0.39, 0.29) is 0 Å². The van der Waals surface area contributed by atoms with Crippen LogP contribution < -0.4 is 5.32 Å². The minimum Gasteiger partial charge on any atom is -0.364 e. The highest BCUT2D eigenvalue weighted by molar-refractivity contribution is 5.35. The van der Waals surface area contributed by atoms with Gasteiger partial charge in [0.1, 0.15) is 5.82 Å². The number of anilines is 1. The Labute approximate surface area is 88.1 Å². The smallest absolute Gasteiger partial charge is 0.126 e. The van der Waals surface area contributed by atoms with Crippen LogP contribution in [0.15, 0.2) is 24.5 Å². The van der Waals surface area contributed by atoms with Gasteiger partial charge in [-0.25, -0.2) is 4.98 Å². The summed E-state index contributed by atoms with van der Waals surface area (Å²) in [6, 6.07) is 3.98. The van der Waals surface area contributed by atoms with Crippen molar-refractivity contribution in [3.63, 3.8) is 0 Å². The van der Waals surface area contributed by atoms with Crippen molar-refractivity contribution in [1.82, 2.24) is 20.0 Å². The molecule has 1 N–H and O–H groups in total. The van der Waals surface area contributed by atoms with Gasteiger partial charge in [-0.3, -0.25) is 4.68 Å². The van der Waals surface area contributed by atoms with Gasteiger partial charge in [-0.1, -0.05) is 11.3 Å². The molecule has 0 bridgehead atoms. The highest BCUT2D eigenvalue weighted by Gasteiger charge is 1.99. The van der Waals surface area contributed by atoms with E-state index >= 15 is 0 Å². The van der Waals surface area contributed by atoms with Gasteiger partial charge in [-0.15, -0.1) is 5.10 Å². The molecule has 0 saturated carbocycles. The van der Waals surface area contributed by atoms with Crippen LogP contribution in [0.2, 0.25) is 0 Å². The van der Waals surface area contributed by atoms with Crippen molar-refractivity contribution in [2.75, 3.05) is 5.32 Å². The first-order valence-corrected chi connectivity index (χ1v) is 4.76. The van der Waals surface area contributed by atoms with Crippen molar-refractivity contribution in [3.05, 3.63) is 35.8 Å². The van der Waals surface area contributed by atoms with E-state index in [1.807, 2.05) is 32.3 Å². The van der Waals surface area contributed by atoms with Crippen LogP contribution in [0.25, 0.3) is 0 Å². The standard InChI is InChI=1S/C10H13N5/c1-8-3-4-10(11-5-8)12-6-9-7-13-14-15(9)2/h3-5,7H,6H2,1-2H3,(H,11,12). The molecular weight excluding hydrogens is 190 g/mol. The van der Waals surface area contributed by atoms with Gasteiger partial charge in [0.15, 0.2) is 0 Å². The quantitative estimate of drug-likeness (QED) is 0.812. The normalized spacial score (nSPS) is 10.3. The molecule has 2 aromatic heterocycles. The number of aryl methyl sites for hydroxylation is 2. The first-order valence-electron chi connectivity index (χ1n) is 4.76. The Kier molecular flexibility index (Phi) is 2.62. The highest BCUT2D eigenvalue weighted by Crippen LogP contribution is 2.05. The summed E-state index contributed by atoms with van der Waals surface area (Å²) >= 11 is 0. The topological polar surface area (TPSA) is 55.6 Å². The highest BCUT2D eigenvalue weighted by atomic mass is 15.4. The number of hydrogen-bond acceptors (Lipinski definition) is 4. The number of aromatic nitrogens is 4.